The van der Waals surface area contributed by atoms with E-state index in [1.807, 2.05) is 30.3 Å². The Hall–Kier alpha value is -2.33. The van der Waals surface area contributed by atoms with Gasteiger partial charge in [0.1, 0.15) is 5.75 Å². The summed E-state index contributed by atoms with van der Waals surface area (Å²) in [5, 5.41) is 11.9. The van der Waals surface area contributed by atoms with Gasteiger partial charge in [0.05, 0.1) is 10.9 Å². The van der Waals surface area contributed by atoms with E-state index in [4.69, 9.17) is 10.00 Å². The molecule has 0 saturated heterocycles. The largest absolute Gasteiger partial charge is 0.438 e. The molecule has 1 saturated carbocycles. The van der Waals surface area contributed by atoms with Crippen LogP contribution < -0.4 is 10.2 Å². The molecule has 1 fully saturated rings. The van der Waals surface area contributed by atoms with Gasteiger partial charge in [-0.15, -0.1) is 4.91 Å². The van der Waals surface area contributed by atoms with Crippen molar-refractivity contribution in [3.63, 3.8) is 0 Å². The van der Waals surface area contributed by atoms with Crippen LogP contribution in [-0.4, -0.2) is 21.0 Å². The van der Waals surface area contributed by atoms with Crippen LogP contribution in [0.5, 0.6) is 11.6 Å². The van der Waals surface area contributed by atoms with E-state index in [1.54, 1.807) is 16.4 Å². The second kappa shape index (κ2) is 9.23. The molecule has 25 heavy (non-hydrogen) atoms. The Balaban J connectivity index is 1.79. The summed E-state index contributed by atoms with van der Waals surface area (Å²) >= 11 is 1.61. The van der Waals surface area contributed by atoms with Gasteiger partial charge in [0.25, 0.3) is 0 Å². The van der Waals surface area contributed by atoms with Gasteiger partial charge in [0.15, 0.2) is 0 Å². The molecule has 0 radical (unpaired) electrons. The predicted octanol–water partition coefficient (Wildman–Crippen LogP) is 5.02. The molecule has 1 aromatic heterocycles. The van der Waals surface area contributed by atoms with Crippen molar-refractivity contribution < 1.29 is 4.74 Å². The quantitative estimate of drug-likeness (QED) is 0.607. The maximum absolute atomic E-state index is 8.63. The first-order chi connectivity index (χ1) is 12.4. The van der Waals surface area contributed by atoms with Gasteiger partial charge in [-0.2, -0.15) is 5.26 Å². The highest BCUT2D eigenvalue weighted by atomic mass is 32.1. The Morgan fingerprint density at radius 3 is 2.80 bits per heavy atom. The first-order valence-electron chi connectivity index (χ1n) is 8.93. The van der Waals surface area contributed by atoms with Crippen LogP contribution in [0.1, 0.15) is 55.7 Å². The number of hydrogen-bond acceptors (Lipinski definition) is 4. The number of ether oxygens (including phenoxy) is 1. The van der Waals surface area contributed by atoms with Crippen LogP contribution >= 0.6 is 11.5 Å². The fourth-order valence-electron chi connectivity index (χ4n) is 3.06. The third kappa shape index (κ3) is 5.07. The second-order valence-electron chi connectivity index (χ2n) is 6.25. The standard InChI is InChI=1S/C18H25N5OS/c19-13-7-8-14-20-23-21-18(24-16-11-5-2-6-12-16)17(25-22-23)15-9-3-1-4-10-15/h2,5-6,11-12,15,20-22H,1,3-4,7-10,14H2. The lowest BCUT2D eigenvalue weighted by Gasteiger charge is -2.24. The lowest BCUT2D eigenvalue weighted by molar-refractivity contribution is 0.400. The maximum Gasteiger partial charge on any atom is 0.229 e. The van der Waals surface area contributed by atoms with Crippen molar-refractivity contribution in [2.24, 2.45) is 0 Å². The van der Waals surface area contributed by atoms with Crippen LogP contribution in [0, 0.1) is 11.3 Å². The van der Waals surface area contributed by atoms with Crippen molar-refractivity contribution in [2.45, 2.75) is 50.9 Å². The average Bonchev–Trinajstić information content (AvgIpc) is 2.67. The van der Waals surface area contributed by atoms with Gasteiger partial charge >= 0.3 is 0 Å². The molecule has 6 nitrogen and oxygen atoms in total. The number of hydrogen-bond donors (Lipinski definition) is 3. The highest BCUT2D eigenvalue weighted by Crippen LogP contribution is 2.39. The zero-order valence-corrected chi connectivity index (χ0v) is 15.1. The van der Waals surface area contributed by atoms with Crippen molar-refractivity contribution in [2.75, 3.05) is 12.0 Å². The molecule has 134 valence electrons. The molecule has 1 heterocycles. The Morgan fingerprint density at radius 1 is 1.24 bits per heavy atom. The summed E-state index contributed by atoms with van der Waals surface area (Å²) in [5.41, 5.74) is 3.22. The molecular weight excluding hydrogens is 334 g/mol. The molecule has 3 N–H and O–H groups in total. The zero-order valence-electron chi connectivity index (χ0n) is 14.3. The molecule has 1 aliphatic carbocycles. The number of nitriles is 1. The molecule has 1 aromatic carbocycles. The lowest BCUT2D eigenvalue weighted by atomic mass is 9.88. The molecule has 0 amide bonds. The number of aromatic amines is 2. The Kier molecular flexibility index (Phi) is 6.46. The number of nitrogens with zero attached hydrogens (tertiary/aromatic N) is 2. The molecule has 0 spiro atoms. The third-order valence-electron chi connectivity index (χ3n) is 4.36. The summed E-state index contributed by atoms with van der Waals surface area (Å²) in [7, 11) is 0. The van der Waals surface area contributed by atoms with E-state index in [0.717, 1.165) is 18.1 Å². The number of rotatable bonds is 7. The van der Waals surface area contributed by atoms with E-state index < -0.39 is 0 Å². The van der Waals surface area contributed by atoms with Gasteiger partial charge in [-0.25, -0.2) is 9.59 Å². The highest BCUT2D eigenvalue weighted by molar-refractivity contribution is 7.05. The normalized spacial score (nSPS) is 14.7. The fourth-order valence-corrected chi connectivity index (χ4v) is 3.95. The molecule has 0 atom stereocenters. The highest BCUT2D eigenvalue weighted by Gasteiger charge is 2.21. The van der Waals surface area contributed by atoms with Gasteiger partial charge in [-0.1, -0.05) is 37.5 Å². The summed E-state index contributed by atoms with van der Waals surface area (Å²) in [6, 6.07) is 12.0. The van der Waals surface area contributed by atoms with E-state index in [1.165, 1.54) is 37.0 Å². The number of nitrogens with one attached hydrogen (secondary N) is 3. The van der Waals surface area contributed by atoms with Crippen LogP contribution in [0.25, 0.3) is 0 Å². The second-order valence-corrected chi connectivity index (χ2v) is 7.08. The topological polar surface area (TPSA) is 81.6 Å². The smallest absolute Gasteiger partial charge is 0.229 e. The van der Waals surface area contributed by atoms with E-state index in [-0.39, 0.29) is 0 Å². The Labute approximate surface area is 152 Å². The van der Waals surface area contributed by atoms with Gasteiger partial charge in [-0.3, -0.25) is 5.43 Å². The predicted molar refractivity (Wildman–Crippen MR) is 100 cm³/mol. The Morgan fingerprint density at radius 2 is 2.04 bits per heavy atom. The van der Waals surface area contributed by atoms with E-state index in [9.17, 15) is 0 Å². The first kappa shape index (κ1) is 17.5. The van der Waals surface area contributed by atoms with Crippen LogP contribution in [-0.2, 0) is 0 Å². The van der Waals surface area contributed by atoms with Crippen molar-refractivity contribution in [3.8, 4) is 17.7 Å². The summed E-state index contributed by atoms with van der Waals surface area (Å²) < 4.78 is 9.42. The minimum absolute atomic E-state index is 0.540. The molecule has 2 aromatic rings. The first-order valence-corrected chi connectivity index (χ1v) is 9.75. The number of para-hydroxylation sites is 1. The molecule has 3 rings (SSSR count). The number of H-pyrrole nitrogens is 2. The summed E-state index contributed by atoms with van der Waals surface area (Å²) in [4.78, 5) is 2.95. The molecular formula is C18H25N5OS. The SMILES string of the molecule is N#CCCCNn1[nH]sc(C2CCCCC2)c(Oc2ccccc2)[nH]1. The van der Waals surface area contributed by atoms with Crippen LogP contribution in [0.3, 0.4) is 0 Å². The van der Waals surface area contributed by atoms with Crippen molar-refractivity contribution in [1.82, 2.24) is 14.5 Å². The number of aromatic nitrogens is 3. The molecule has 0 aliphatic heterocycles. The minimum atomic E-state index is 0.540. The minimum Gasteiger partial charge on any atom is -0.438 e. The number of benzene rings is 1. The lowest BCUT2D eigenvalue weighted by Crippen LogP contribution is -2.22. The van der Waals surface area contributed by atoms with Gasteiger partial charge < -0.3 is 4.74 Å². The monoisotopic (exact) mass is 359 g/mol. The fraction of sp³-hybridized carbons (Fsp3) is 0.500. The summed E-state index contributed by atoms with van der Waals surface area (Å²) in [6.45, 7) is 0.714. The van der Waals surface area contributed by atoms with Gasteiger partial charge in [-0.05, 0) is 42.9 Å². The zero-order chi connectivity index (χ0) is 17.3. The molecule has 0 bridgehead atoms. The van der Waals surface area contributed by atoms with Gasteiger partial charge in [0.2, 0.25) is 5.88 Å². The summed E-state index contributed by atoms with van der Waals surface area (Å²) in [5.74, 6) is 2.15. The Bertz CT molecular complexity index is 713. The average molecular weight is 359 g/mol. The van der Waals surface area contributed by atoms with Crippen molar-refractivity contribution in [1.29, 1.82) is 5.26 Å². The van der Waals surface area contributed by atoms with E-state index in [2.05, 4.69) is 21.1 Å². The molecule has 1 aliphatic rings. The molecule has 0 unspecified atom stereocenters. The van der Waals surface area contributed by atoms with Crippen LogP contribution in [0.4, 0.5) is 0 Å². The molecule has 7 heteroatoms. The van der Waals surface area contributed by atoms with Crippen LogP contribution in [0.2, 0.25) is 0 Å². The van der Waals surface area contributed by atoms with Crippen molar-refractivity contribution >= 4 is 11.5 Å². The number of unbranched alkanes of at least 4 members (excludes halogenated alkanes) is 1. The van der Waals surface area contributed by atoms with E-state index >= 15 is 0 Å². The van der Waals surface area contributed by atoms with E-state index in [0.29, 0.717) is 18.9 Å². The van der Waals surface area contributed by atoms with Crippen molar-refractivity contribution in [3.05, 3.63) is 35.2 Å². The van der Waals surface area contributed by atoms with Gasteiger partial charge in [0, 0.05) is 18.9 Å². The van der Waals surface area contributed by atoms with Crippen LogP contribution in [0.15, 0.2) is 30.3 Å². The summed E-state index contributed by atoms with van der Waals surface area (Å²) in [6.07, 6.45) is 7.66. The maximum atomic E-state index is 8.63. The third-order valence-corrected chi connectivity index (χ3v) is 5.37.